The summed E-state index contributed by atoms with van der Waals surface area (Å²) in [4.78, 5) is 29.0. The Morgan fingerprint density at radius 1 is 0.889 bits per heavy atom. The molecule has 0 aliphatic heterocycles. The number of amides is 2. The Labute approximate surface area is 224 Å². The fraction of sp³-hybridized carbons (Fsp3) is 0.333. The number of carbonyl (C=O) groups excluding carboxylic acids is 2. The molecule has 0 aromatic heterocycles. The van der Waals surface area contributed by atoms with E-state index in [0.717, 1.165) is 17.5 Å². The van der Waals surface area contributed by atoms with E-state index in [1.54, 1.807) is 23.1 Å². The summed E-state index contributed by atoms with van der Waals surface area (Å²) in [5, 5.41) is 4.03. The molecule has 3 rings (SSSR count). The van der Waals surface area contributed by atoms with Gasteiger partial charge in [-0.05, 0) is 49.9 Å². The molecule has 1 N–H and O–H groups in total. The fourth-order valence-corrected chi connectivity index (χ4v) is 4.52. The number of nitrogens with one attached hydrogen (secondary N) is 1. The van der Waals surface area contributed by atoms with Crippen molar-refractivity contribution < 1.29 is 9.59 Å². The molecular weight excluding hydrogens is 491 g/mol. The first-order valence-corrected chi connectivity index (χ1v) is 13.2. The van der Waals surface area contributed by atoms with Crippen LogP contribution in [0.1, 0.15) is 48.9 Å². The van der Waals surface area contributed by atoms with E-state index >= 15 is 0 Å². The van der Waals surface area contributed by atoms with Crippen LogP contribution in [0.2, 0.25) is 10.0 Å². The molecule has 3 aromatic rings. The van der Waals surface area contributed by atoms with Crippen molar-refractivity contribution in [3.05, 3.63) is 105 Å². The molecule has 0 saturated carbocycles. The molecule has 0 fully saturated rings. The highest BCUT2D eigenvalue weighted by atomic mass is 35.5. The van der Waals surface area contributed by atoms with Crippen LogP contribution >= 0.6 is 23.2 Å². The Hall–Kier alpha value is -2.82. The summed E-state index contributed by atoms with van der Waals surface area (Å²) in [7, 11) is 0. The summed E-state index contributed by atoms with van der Waals surface area (Å²) in [5.74, 6) is -0.299. The Kier molecular flexibility index (Phi) is 10.4. The van der Waals surface area contributed by atoms with E-state index in [-0.39, 0.29) is 30.8 Å². The van der Waals surface area contributed by atoms with Gasteiger partial charge in [-0.3, -0.25) is 9.59 Å². The third kappa shape index (κ3) is 7.84. The van der Waals surface area contributed by atoms with Gasteiger partial charge in [-0.1, -0.05) is 96.4 Å². The van der Waals surface area contributed by atoms with Gasteiger partial charge in [0.25, 0.3) is 0 Å². The van der Waals surface area contributed by atoms with Gasteiger partial charge in [-0.2, -0.15) is 0 Å². The van der Waals surface area contributed by atoms with Crippen LogP contribution in [0, 0.1) is 6.92 Å². The number of nitrogens with zero attached hydrogens (tertiary/aromatic N) is 1. The summed E-state index contributed by atoms with van der Waals surface area (Å²) in [6.45, 7) is 6.17. The molecule has 190 valence electrons. The summed E-state index contributed by atoms with van der Waals surface area (Å²) in [6, 6.07) is 22.5. The van der Waals surface area contributed by atoms with Gasteiger partial charge in [0, 0.05) is 41.0 Å². The van der Waals surface area contributed by atoms with Crippen LogP contribution in [0.4, 0.5) is 0 Å². The number of rotatable bonds is 11. The highest BCUT2D eigenvalue weighted by Gasteiger charge is 2.31. The third-order valence-corrected chi connectivity index (χ3v) is 7.12. The largest absolute Gasteiger partial charge is 0.352 e. The number of carbonyl (C=O) groups is 2. The van der Waals surface area contributed by atoms with Crippen LogP contribution in [-0.2, 0) is 29.0 Å². The third-order valence-electron chi connectivity index (χ3n) is 6.41. The molecule has 36 heavy (non-hydrogen) atoms. The van der Waals surface area contributed by atoms with Gasteiger partial charge in [-0.25, -0.2) is 0 Å². The Balaban J connectivity index is 1.95. The average molecular weight is 526 g/mol. The first-order valence-electron chi connectivity index (χ1n) is 12.4. The maximum atomic E-state index is 13.8. The molecule has 0 unspecified atom stereocenters. The lowest BCUT2D eigenvalue weighted by Gasteiger charge is -2.33. The molecule has 2 amide bonds. The molecule has 0 aliphatic rings. The van der Waals surface area contributed by atoms with Crippen molar-refractivity contribution in [3.8, 4) is 0 Å². The van der Waals surface area contributed by atoms with E-state index in [0.29, 0.717) is 28.5 Å². The van der Waals surface area contributed by atoms with Crippen molar-refractivity contribution in [2.75, 3.05) is 0 Å². The van der Waals surface area contributed by atoms with Gasteiger partial charge >= 0.3 is 0 Å². The van der Waals surface area contributed by atoms with Crippen LogP contribution in [-0.4, -0.2) is 28.8 Å². The van der Waals surface area contributed by atoms with Crippen LogP contribution < -0.4 is 5.32 Å². The molecule has 4 nitrogen and oxygen atoms in total. The number of hydrogen-bond donors (Lipinski definition) is 1. The number of aryl methyl sites for hydroxylation is 2. The number of halogens is 2. The predicted octanol–water partition coefficient (Wildman–Crippen LogP) is 6.79. The van der Waals surface area contributed by atoms with E-state index in [1.165, 1.54) is 5.56 Å². The molecule has 0 saturated heterocycles. The topological polar surface area (TPSA) is 49.4 Å². The lowest BCUT2D eigenvalue weighted by atomic mass is 10.0. The summed E-state index contributed by atoms with van der Waals surface area (Å²) < 4.78 is 0. The minimum Gasteiger partial charge on any atom is -0.352 e. The minimum absolute atomic E-state index is 0.0100. The maximum absolute atomic E-state index is 13.8. The van der Waals surface area contributed by atoms with E-state index in [9.17, 15) is 9.59 Å². The second kappa shape index (κ2) is 13.5. The molecule has 3 aromatic carbocycles. The van der Waals surface area contributed by atoms with Crippen LogP contribution in [0.5, 0.6) is 0 Å². The van der Waals surface area contributed by atoms with Crippen molar-refractivity contribution in [2.24, 2.45) is 0 Å². The zero-order chi connectivity index (χ0) is 26.1. The molecule has 6 heteroatoms. The van der Waals surface area contributed by atoms with Crippen molar-refractivity contribution in [1.29, 1.82) is 0 Å². The van der Waals surface area contributed by atoms with Crippen molar-refractivity contribution >= 4 is 35.0 Å². The highest BCUT2D eigenvalue weighted by molar-refractivity contribution is 6.36. The average Bonchev–Trinajstić information content (AvgIpc) is 2.87. The van der Waals surface area contributed by atoms with Gasteiger partial charge in [0.15, 0.2) is 0 Å². The Morgan fingerprint density at radius 3 is 2.14 bits per heavy atom. The number of hydrogen-bond acceptors (Lipinski definition) is 2. The van der Waals surface area contributed by atoms with Gasteiger partial charge in [0.05, 0.1) is 0 Å². The first-order chi connectivity index (χ1) is 17.3. The molecule has 0 spiro atoms. The standard InChI is InChI=1S/C30H34Cl2N2O2/c1-4-22(3)33-30(36)28(19-24-9-6-5-7-10-24)34(20-25-26(31)11-8-12-27(25)32)29(35)18-17-23-15-13-21(2)14-16-23/h5-16,22,28H,4,17-20H2,1-3H3,(H,33,36)/t22-,28-/m0/s1. The van der Waals surface area contributed by atoms with Gasteiger partial charge in [-0.15, -0.1) is 0 Å². The lowest BCUT2D eigenvalue weighted by Crippen LogP contribution is -2.52. The van der Waals surface area contributed by atoms with E-state index < -0.39 is 6.04 Å². The molecule has 0 bridgehead atoms. The van der Waals surface area contributed by atoms with Crippen molar-refractivity contribution in [3.63, 3.8) is 0 Å². The quantitative estimate of drug-likeness (QED) is 0.300. The van der Waals surface area contributed by atoms with Crippen molar-refractivity contribution in [1.82, 2.24) is 10.2 Å². The minimum atomic E-state index is -0.709. The van der Waals surface area contributed by atoms with Crippen molar-refractivity contribution in [2.45, 2.75) is 65.1 Å². The van der Waals surface area contributed by atoms with Crippen LogP contribution in [0.3, 0.4) is 0 Å². The predicted molar refractivity (Wildman–Crippen MR) is 148 cm³/mol. The fourth-order valence-electron chi connectivity index (χ4n) is 4.00. The second-order valence-corrected chi connectivity index (χ2v) is 10.0. The van der Waals surface area contributed by atoms with Gasteiger partial charge in [0.1, 0.15) is 6.04 Å². The SMILES string of the molecule is CC[C@H](C)NC(=O)[C@H](Cc1ccccc1)N(Cc1c(Cl)cccc1Cl)C(=O)CCc1ccc(C)cc1. The number of benzene rings is 3. The molecular formula is C30H34Cl2N2O2. The normalized spacial score (nSPS) is 12.6. The molecule has 0 radical (unpaired) electrons. The smallest absolute Gasteiger partial charge is 0.243 e. The van der Waals surface area contributed by atoms with Crippen LogP contribution in [0.15, 0.2) is 72.8 Å². The summed E-state index contributed by atoms with van der Waals surface area (Å²) in [6.07, 6.45) is 2.03. The Bertz CT molecular complexity index is 1130. The second-order valence-electron chi connectivity index (χ2n) is 9.23. The summed E-state index contributed by atoms with van der Waals surface area (Å²) >= 11 is 13.0. The van der Waals surface area contributed by atoms with E-state index in [2.05, 4.69) is 5.32 Å². The first kappa shape index (κ1) is 27.8. The molecule has 2 atom stereocenters. The zero-order valence-electron chi connectivity index (χ0n) is 21.1. The Morgan fingerprint density at radius 2 is 1.53 bits per heavy atom. The highest BCUT2D eigenvalue weighted by Crippen LogP contribution is 2.27. The molecule has 0 aliphatic carbocycles. The summed E-state index contributed by atoms with van der Waals surface area (Å²) in [5.41, 5.74) is 3.86. The zero-order valence-corrected chi connectivity index (χ0v) is 22.6. The van der Waals surface area contributed by atoms with Gasteiger partial charge in [0.2, 0.25) is 11.8 Å². The lowest BCUT2D eigenvalue weighted by molar-refractivity contribution is -0.141. The van der Waals surface area contributed by atoms with Gasteiger partial charge < -0.3 is 10.2 Å². The van der Waals surface area contributed by atoms with E-state index in [1.807, 2.05) is 75.4 Å². The molecule has 0 heterocycles. The van der Waals surface area contributed by atoms with E-state index in [4.69, 9.17) is 23.2 Å². The van der Waals surface area contributed by atoms with Crippen LogP contribution in [0.25, 0.3) is 0 Å². The maximum Gasteiger partial charge on any atom is 0.243 e. The monoisotopic (exact) mass is 524 g/mol.